The molecule has 1 aromatic heterocycles. The summed E-state index contributed by atoms with van der Waals surface area (Å²) in [5.74, 6) is 0.345. The summed E-state index contributed by atoms with van der Waals surface area (Å²) in [6.07, 6.45) is 2.41. The molecule has 0 bridgehead atoms. The monoisotopic (exact) mass is 318 g/mol. The molecule has 0 atom stereocenters. The first-order valence-electron chi connectivity index (χ1n) is 7.41. The average Bonchev–Trinajstić information content (AvgIpc) is 3.23. The van der Waals surface area contributed by atoms with E-state index in [1.165, 1.54) is 24.2 Å². The Balaban J connectivity index is 1.68. The normalized spacial score (nSPS) is 13.9. The Morgan fingerprint density at radius 1 is 1.32 bits per heavy atom. The number of anilines is 1. The molecule has 0 radical (unpaired) electrons. The lowest BCUT2D eigenvalue weighted by Gasteiger charge is -2.06. The van der Waals surface area contributed by atoms with Crippen LogP contribution in [0.3, 0.4) is 0 Å². The highest BCUT2D eigenvalue weighted by atomic mass is 32.1. The number of nitrogens with one attached hydrogen (secondary N) is 2. The first-order chi connectivity index (χ1) is 10.7. The molecular weight excluding hydrogens is 300 g/mol. The lowest BCUT2D eigenvalue weighted by molar-refractivity contribution is 0.0532. The third-order valence-electron chi connectivity index (χ3n) is 3.50. The Morgan fingerprint density at radius 3 is 2.86 bits per heavy atom. The van der Waals surface area contributed by atoms with E-state index in [2.05, 4.69) is 10.6 Å². The molecular formula is C16H18N2O3S. The van der Waals surface area contributed by atoms with Crippen molar-refractivity contribution in [2.24, 2.45) is 5.92 Å². The molecule has 0 saturated heterocycles. The van der Waals surface area contributed by atoms with Crippen molar-refractivity contribution in [2.45, 2.75) is 19.8 Å². The van der Waals surface area contributed by atoms with Gasteiger partial charge < -0.3 is 15.4 Å². The number of hydrogen-bond acceptors (Lipinski definition) is 4. The molecule has 6 heteroatoms. The number of thiophene rings is 1. The number of carbonyl (C=O) groups excluding carboxylic acids is 2. The number of esters is 1. The molecule has 1 aromatic carbocycles. The average molecular weight is 318 g/mol. The van der Waals surface area contributed by atoms with Gasteiger partial charge in [-0.2, -0.15) is 0 Å². The fourth-order valence-corrected chi connectivity index (χ4v) is 3.10. The first kappa shape index (κ1) is 14.8. The van der Waals surface area contributed by atoms with Crippen molar-refractivity contribution in [1.29, 1.82) is 0 Å². The Labute approximate surface area is 132 Å². The zero-order valence-corrected chi connectivity index (χ0v) is 13.2. The molecule has 0 aliphatic heterocycles. The molecule has 1 fully saturated rings. The molecule has 22 heavy (non-hydrogen) atoms. The molecule has 1 aliphatic rings. The summed E-state index contributed by atoms with van der Waals surface area (Å²) in [5, 5.41) is 6.60. The maximum Gasteiger partial charge on any atom is 0.348 e. The van der Waals surface area contributed by atoms with Gasteiger partial charge in [-0.3, -0.25) is 0 Å². The SMILES string of the molecule is CCOC(=O)c1cc2cc(NC(=O)NCC3CC3)ccc2s1. The van der Waals surface area contributed by atoms with Crippen molar-refractivity contribution in [1.82, 2.24) is 5.32 Å². The Kier molecular flexibility index (Phi) is 4.29. The largest absolute Gasteiger partial charge is 0.462 e. The van der Waals surface area contributed by atoms with Crippen molar-refractivity contribution in [3.8, 4) is 0 Å². The number of rotatable bonds is 5. The molecule has 2 amide bonds. The summed E-state index contributed by atoms with van der Waals surface area (Å²) >= 11 is 1.39. The van der Waals surface area contributed by atoms with E-state index in [1.807, 2.05) is 18.2 Å². The third kappa shape index (κ3) is 3.57. The van der Waals surface area contributed by atoms with Crippen molar-refractivity contribution in [2.75, 3.05) is 18.5 Å². The zero-order chi connectivity index (χ0) is 15.5. The van der Waals surface area contributed by atoms with Crippen molar-refractivity contribution >= 4 is 39.1 Å². The highest BCUT2D eigenvalue weighted by Crippen LogP contribution is 2.29. The van der Waals surface area contributed by atoms with Gasteiger partial charge in [-0.1, -0.05) is 0 Å². The Bertz CT molecular complexity index is 706. The number of hydrogen-bond donors (Lipinski definition) is 2. The standard InChI is InChI=1S/C16H18N2O3S/c1-2-21-15(19)14-8-11-7-12(5-6-13(11)22-14)18-16(20)17-9-10-3-4-10/h5-8,10H,2-4,9H2,1H3,(H2,17,18,20). The highest BCUT2D eigenvalue weighted by molar-refractivity contribution is 7.20. The summed E-state index contributed by atoms with van der Waals surface area (Å²) in [6.45, 7) is 2.88. The van der Waals surface area contributed by atoms with Gasteiger partial charge in [0.1, 0.15) is 4.88 Å². The van der Waals surface area contributed by atoms with Crippen molar-refractivity contribution in [3.63, 3.8) is 0 Å². The Morgan fingerprint density at radius 2 is 2.14 bits per heavy atom. The van der Waals surface area contributed by atoms with E-state index in [-0.39, 0.29) is 12.0 Å². The smallest absolute Gasteiger partial charge is 0.348 e. The second-order valence-electron chi connectivity index (χ2n) is 5.36. The number of urea groups is 1. The van der Waals surface area contributed by atoms with E-state index in [0.717, 1.165) is 16.6 Å². The number of benzene rings is 1. The molecule has 1 aliphatic carbocycles. The molecule has 2 aromatic rings. The fraction of sp³-hybridized carbons (Fsp3) is 0.375. The van der Waals surface area contributed by atoms with Gasteiger partial charge in [0.2, 0.25) is 0 Å². The zero-order valence-electron chi connectivity index (χ0n) is 12.3. The molecule has 0 unspecified atom stereocenters. The van der Waals surface area contributed by atoms with Crippen molar-refractivity contribution in [3.05, 3.63) is 29.1 Å². The predicted octanol–water partition coefficient (Wildman–Crippen LogP) is 3.61. The number of ether oxygens (including phenoxy) is 1. The van der Waals surface area contributed by atoms with Crippen LogP contribution in [-0.2, 0) is 4.74 Å². The molecule has 1 saturated carbocycles. The van der Waals surface area contributed by atoms with E-state index < -0.39 is 0 Å². The number of amides is 2. The summed E-state index contributed by atoms with van der Waals surface area (Å²) < 4.78 is 6.00. The molecule has 116 valence electrons. The van der Waals surface area contributed by atoms with E-state index in [0.29, 0.717) is 23.1 Å². The second-order valence-corrected chi connectivity index (χ2v) is 6.45. The Hall–Kier alpha value is -2.08. The van der Waals surface area contributed by atoms with E-state index in [9.17, 15) is 9.59 Å². The minimum Gasteiger partial charge on any atom is -0.462 e. The lowest BCUT2D eigenvalue weighted by atomic mass is 10.2. The van der Waals surface area contributed by atoms with Gasteiger partial charge in [0, 0.05) is 16.9 Å². The lowest BCUT2D eigenvalue weighted by Crippen LogP contribution is -2.30. The molecule has 1 heterocycles. The van der Waals surface area contributed by atoms with Crippen LogP contribution in [-0.4, -0.2) is 25.2 Å². The van der Waals surface area contributed by atoms with Crippen LogP contribution in [0.4, 0.5) is 10.5 Å². The highest BCUT2D eigenvalue weighted by Gasteiger charge is 2.21. The predicted molar refractivity (Wildman–Crippen MR) is 87.5 cm³/mol. The van der Waals surface area contributed by atoms with Crippen LogP contribution < -0.4 is 10.6 Å². The van der Waals surface area contributed by atoms with Crippen LogP contribution in [0, 0.1) is 5.92 Å². The number of carbonyl (C=O) groups is 2. The minimum atomic E-state index is -0.305. The first-order valence-corrected chi connectivity index (χ1v) is 8.23. The molecule has 2 N–H and O–H groups in total. The van der Waals surface area contributed by atoms with Gasteiger partial charge in [0.05, 0.1) is 6.61 Å². The topological polar surface area (TPSA) is 67.4 Å². The quantitative estimate of drug-likeness (QED) is 0.828. The van der Waals surface area contributed by atoms with E-state index in [1.54, 1.807) is 13.0 Å². The summed E-state index contributed by atoms with van der Waals surface area (Å²) in [5.41, 5.74) is 0.717. The summed E-state index contributed by atoms with van der Waals surface area (Å²) in [4.78, 5) is 24.1. The summed E-state index contributed by atoms with van der Waals surface area (Å²) in [6, 6.07) is 7.22. The molecule has 3 rings (SSSR count). The third-order valence-corrected chi connectivity index (χ3v) is 4.60. The maximum absolute atomic E-state index is 11.8. The molecule has 0 spiro atoms. The fourth-order valence-electron chi connectivity index (χ4n) is 2.16. The van der Waals surface area contributed by atoms with Crippen LogP contribution in [0.5, 0.6) is 0 Å². The van der Waals surface area contributed by atoms with Gasteiger partial charge >= 0.3 is 12.0 Å². The molecule has 5 nitrogen and oxygen atoms in total. The van der Waals surface area contributed by atoms with E-state index >= 15 is 0 Å². The summed E-state index contributed by atoms with van der Waals surface area (Å²) in [7, 11) is 0. The van der Waals surface area contributed by atoms with Crippen LogP contribution in [0.2, 0.25) is 0 Å². The minimum absolute atomic E-state index is 0.188. The van der Waals surface area contributed by atoms with E-state index in [4.69, 9.17) is 4.74 Å². The number of fused-ring (bicyclic) bond motifs is 1. The van der Waals surface area contributed by atoms with Gasteiger partial charge in [0.15, 0.2) is 0 Å². The van der Waals surface area contributed by atoms with Gasteiger partial charge in [-0.05, 0) is 55.3 Å². The second kappa shape index (κ2) is 6.36. The van der Waals surface area contributed by atoms with Crippen LogP contribution in [0.1, 0.15) is 29.4 Å². The van der Waals surface area contributed by atoms with Crippen LogP contribution >= 0.6 is 11.3 Å². The maximum atomic E-state index is 11.8. The van der Waals surface area contributed by atoms with Gasteiger partial charge in [0.25, 0.3) is 0 Å². The van der Waals surface area contributed by atoms with Gasteiger partial charge in [-0.15, -0.1) is 11.3 Å². The van der Waals surface area contributed by atoms with Gasteiger partial charge in [-0.25, -0.2) is 9.59 Å². The van der Waals surface area contributed by atoms with Crippen molar-refractivity contribution < 1.29 is 14.3 Å². The van der Waals surface area contributed by atoms with Crippen LogP contribution in [0.25, 0.3) is 10.1 Å². The van der Waals surface area contributed by atoms with Crippen LogP contribution in [0.15, 0.2) is 24.3 Å².